The standard InChI is InChI=1S/C14H8O8.4K.2H2O/c15-11(16)5-1-7-8(10(3-5)14(21)22)2-6(12(17)18)4-9(7)13(19)20;;;;;;/h1-4H,(H,15,16)(H,17,18)(H,19,20)(H,21,22);;;;;2*1H2/q;4*+1;;/p-4. The second-order valence-corrected chi connectivity index (χ2v) is 4.29. The molecule has 0 amide bonds. The van der Waals surface area contributed by atoms with Gasteiger partial charge in [0.2, 0.25) is 0 Å². The Kier molecular flexibility index (Phi) is 27.3. The monoisotopic (exact) mass is 492 g/mol. The number of benzene rings is 2. The minimum atomic E-state index is -1.81. The van der Waals surface area contributed by atoms with Crippen molar-refractivity contribution in [1.82, 2.24) is 0 Å². The van der Waals surface area contributed by atoms with Gasteiger partial charge in [-0.2, -0.15) is 0 Å². The van der Waals surface area contributed by atoms with Gasteiger partial charge in [0.25, 0.3) is 0 Å². The van der Waals surface area contributed by atoms with E-state index in [1.54, 1.807) is 0 Å². The van der Waals surface area contributed by atoms with Crippen LogP contribution in [-0.4, -0.2) is 34.8 Å². The fourth-order valence-corrected chi connectivity index (χ4v) is 2.04. The minimum Gasteiger partial charge on any atom is -0.545 e. The molecule has 2 rings (SSSR count). The summed E-state index contributed by atoms with van der Waals surface area (Å²) in [6.07, 6.45) is 0. The van der Waals surface area contributed by atoms with Gasteiger partial charge in [0.1, 0.15) is 0 Å². The molecule has 0 aromatic heterocycles. The third-order valence-corrected chi connectivity index (χ3v) is 2.98. The number of carboxylic acids is 4. The number of hydrogen-bond donors (Lipinski definition) is 0. The molecule has 4 N–H and O–H groups in total. The first-order chi connectivity index (χ1) is 10.2. The van der Waals surface area contributed by atoms with Crippen LogP contribution >= 0.6 is 0 Å². The van der Waals surface area contributed by atoms with Gasteiger partial charge in [-0.15, -0.1) is 0 Å². The molecule has 0 spiro atoms. The molecular formula is C14H8K4O10. The van der Waals surface area contributed by atoms with Crippen molar-refractivity contribution in [3.05, 3.63) is 46.5 Å². The molecule has 28 heavy (non-hydrogen) atoms. The Labute approximate surface area is 328 Å². The quantitative estimate of drug-likeness (QED) is 0.371. The molecule has 0 atom stereocenters. The Hall–Kier alpha value is 3.05. The molecule has 0 unspecified atom stereocenters. The molecule has 128 valence electrons. The first-order valence-electron chi connectivity index (χ1n) is 5.69. The number of hydrogen-bond acceptors (Lipinski definition) is 8. The van der Waals surface area contributed by atoms with E-state index in [1.165, 1.54) is 0 Å². The van der Waals surface area contributed by atoms with Crippen molar-refractivity contribution >= 4 is 34.6 Å². The molecule has 0 aliphatic rings. The SMILES string of the molecule is O.O.O=C([O-])c1cc(C(=O)[O-])c2cc(C(=O)[O-])cc(C(=O)[O-])c2c1.[K+].[K+].[K+].[K+]. The molecule has 0 saturated carbocycles. The first-order valence-corrected chi connectivity index (χ1v) is 5.69. The van der Waals surface area contributed by atoms with Crippen LogP contribution in [0, 0.1) is 0 Å². The van der Waals surface area contributed by atoms with Gasteiger partial charge in [0, 0.05) is 11.1 Å². The predicted molar refractivity (Wildman–Crippen MR) is 68.5 cm³/mol. The van der Waals surface area contributed by atoms with Crippen LogP contribution in [0.4, 0.5) is 0 Å². The van der Waals surface area contributed by atoms with E-state index in [4.69, 9.17) is 0 Å². The van der Waals surface area contributed by atoms with Crippen molar-refractivity contribution in [3.8, 4) is 0 Å². The maximum absolute atomic E-state index is 11.1. The van der Waals surface area contributed by atoms with Crippen LogP contribution in [0.5, 0.6) is 0 Å². The van der Waals surface area contributed by atoms with E-state index >= 15 is 0 Å². The van der Waals surface area contributed by atoms with E-state index < -0.39 is 46.1 Å². The van der Waals surface area contributed by atoms with Gasteiger partial charge in [0.05, 0.1) is 23.9 Å². The maximum Gasteiger partial charge on any atom is 1.00 e. The Morgan fingerprint density at radius 3 is 0.929 bits per heavy atom. The molecule has 0 fully saturated rings. The molecule has 0 saturated heterocycles. The van der Waals surface area contributed by atoms with Crippen molar-refractivity contribution in [1.29, 1.82) is 0 Å². The van der Waals surface area contributed by atoms with Crippen LogP contribution in [0.3, 0.4) is 0 Å². The second kappa shape index (κ2) is 18.5. The van der Waals surface area contributed by atoms with E-state index in [2.05, 4.69) is 0 Å². The van der Waals surface area contributed by atoms with Gasteiger partial charge >= 0.3 is 206 Å². The third kappa shape index (κ3) is 10.3. The number of rotatable bonds is 4. The zero-order valence-corrected chi connectivity index (χ0v) is 28.1. The average molecular weight is 493 g/mol. The molecule has 0 aliphatic heterocycles. The zero-order valence-electron chi connectivity index (χ0n) is 15.6. The molecule has 14 heteroatoms. The van der Waals surface area contributed by atoms with E-state index in [-0.39, 0.29) is 227 Å². The molecule has 2 aromatic carbocycles. The van der Waals surface area contributed by atoms with E-state index in [0.717, 1.165) is 12.1 Å². The van der Waals surface area contributed by atoms with Crippen LogP contribution in [0.15, 0.2) is 24.3 Å². The molecular weight excluding hydrogens is 485 g/mol. The summed E-state index contributed by atoms with van der Waals surface area (Å²) >= 11 is 0. The molecule has 10 nitrogen and oxygen atoms in total. The largest absolute Gasteiger partial charge is 1.00 e. The molecule has 0 bridgehead atoms. The predicted octanol–water partition coefficient (Wildman–Crippen LogP) is -17.3. The van der Waals surface area contributed by atoms with Crippen LogP contribution in [0.2, 0.25) is 0 Å². The van der Waals surface area contributed by atoms with E-state index in [1.807, 2.05) is 0 Å². The third-order valence-electron chi connectivity index (χ3n) is 2.98. The normalized spacial score (nSPS) is 8.14. The van der Waals surface area contributed by atoms with Gasteiger partial charge in [-0.1, -0.05) is 0 Å². The Balaban J connectivity index is -0.000000294. The van der Waals surface area contributed by atoms with E-state index in [9.17, 15) is 39.6 Å². The van der Waals surface area contributed by atoms with Crippen molar-refractivity contribution < 1.29 is 256 Å². The van der Waals surface area contributed by atoms with Crippen molar-refractivity contribution in [2.45, 2.75) is 0 Å². The van der Waals surface area contributed by atoms with Crippen LogP contribution < -0.4 is 226 Å². The number of fused-ring (bicyclic) bond motifs is 1. The molecule has 0 heterocycles. The van der Waals surface area contributed by atoms with Crippen LogP contribution in [0.1, 0.15) is 41.4 Å². The van der Waals surface area contributed by atoms with E-state index in [0.29, 0.717) is 12.1 Å². The van der Waals surface area contributed by atoms with Gasteiger partial charge in [-0.3, -0.25) is 0 Å². The zero-order chi connectivity index (χ0) is 16.6. The summed E-state index contributed by atoms with van der Waals surface area (Å²) in [6.45, 7) is 0. The number of carboxylic acid groups (broad SMARTS) is 4. The van der Waals surface area contributed by atoms with Crippen molar-refractivity contribution in [3.63, 3.8) is 0 Å². The van der Waals surface area contributed by atoms with Crippen molar-refractivity contribution in [2.24, 2.45) is 0 Å². The maximum atomic E-state index is 11.1. The van der Waals surface area contributed by atoms with Crippen LogP contribution in [-0.2, 0) is 0 Å². The topological polar surface area (TPSA) is 224 Å². The smallest absolute Gasteiger partial charge is 0.545 e. The fourth-order valence-electron chi connectivity index (χ4n) is 2.04. The average Bonchev–Trinajstić information content (AvgIpc) is 2.44. The van der Waals surface area contributed by atoms with Gasteiger partial charge < -0.3 is 50.6 Å². The fraction of sp³-hybridized carbons (Fsp3) is 0. The summed E-state index contributed by atoms with van der Waals surface area (Å²) in [4.78, 5) is 44.0. The number of carbonyl (C=O) groups is 4. The van der Waals surface area contributed by atoms with Gasteiger partial charge in [0.15, 0.2) is 0 Å². The Morgan fingerprint density at radius 2 is 0.750 bits per heavy atom. The van der Waals surface area contributed by atoms with Crippen molar-refractivity contribution in [2.75, 3.05) is 0 Å². The summed E-state index contributed by atoms with van der Waals surface area (Å²) in [5.41, 5.74) is -2.59. The molecule has 0 aliphatic carbocycles. The molecule has 0 radical (unpaired) electrons. The summed E-state index contributed by atoms with van der Waals surface area (Å²) in [5.74, 6) is -7.10. The summed E-state index contributed by atoms with van der Waals surface area (Å²) in [7, 11) is 0. The second-order valence-electron chi connectivity index (χ2n) is 4.29. The Morgan fingerprint density at radius 1 is 0.500 bits per heavy atom. The minimum absolute atomic E-state index is 0. The number of carbonyl (C=O) groups excluding carboxylic acids is 4. The van der Waals surface area contributed by atoms with Crippen LogP contribution in [0.25, 0.3) is 10.8 Å². The molecule has 2 aromatic rings. The first kappa shape index (κ1) is 41.3. The summed E-state index contributed by atoms with van der Waals surface area (Å²) in [6, 6.07) is 3.07. The Bertz CT molecular complexity index is 798. The number of aromatic carboxylic acids is 4. The summed E-state index contributed by atoms with van der Waals surface area (Å²) < 4.78 is 0. The van der Waals surface area contributed by atoms with Gasteiger partial charge in [-0.25, -0.2) is 0 Å². The van der Waals surface area contributed by atoms with Gasteiger partial charge in [-0.05, 0) is 46.2 Å². The summed E-state index contributed by atoms with van der Waals surface area (Å²) in [5, 5.41) is 43.3.